The Morgan fingerprint density at radius 2 is 2.19 bits per heavy atom. The summed E-state index contributed by atoms with van der Waals surface area (Å²) in [7, 11) is 1.71. The van der Waals surface area contributed by atoms with Crippen LogP contribution >= 0.6 is 11.8 Å². The number of halogens is 1. The molecule has 2 rings (SSSR count). The van der Waals surface area contributed by atoms with Gasteiger partial charge in [0.1, 0.15) is 5.82 Å². The highest BCUT2D eigenvalue weighted by Gasteiger charge is 2.20. The predicted molar refractivity (Wildman–Crippen MR) is 111 cm³/mol. The van der Waals surface area contributed by atoms with Crippen molar-refractivity contribution in [2.24, 2.45) is 10.9 Å². The Bertz CT molecular complexity index is 653. The zero-order chi connectivity index (χ0) is 19.6. The van der Waals surface area contributed by atoms with E-state index in [9.17, 15) is 9.18 Å². The van der Waals surface area contributed by atoms with E-state index in [4.69, 9.17) is 0 Å². The average Bonchev–Trinajstić information content (AvgIpc) is 2.66. The summed E-state index contributed by atoms with van der Waals surface area (Å²) in [5, 5.41) is 6.44. The van der Waals surface area contributed by atoms with Crippen molar-refractivity contribution in [2.75, 3.05) is 32.9 Å². The zero-order valence-corrected chi connectivity index (χ0v) is 17.4. The SMILES string of the molecule is CN=C(NCCC(=O)N1CCCC(C)C1)NCc1ccc(F)cc1CSC. The third-order valence-electron chi connectivity index (χ3n) is 4.78. The number of amides is 1. The van der Waals surface area contributed by atoms with Crippen LogP contribution in [0.2, 0.25) is 0 Å². The zero-order valence-electron chi connectivity index (χ0n) is 16.6. The fraction of sp³-hybridized carbons (Fsp3) is 0.600. The summed E-state index contributed by atoms with van der Waals surface area (Å²) in [6.07, 6.45) is 4.77. The maximum atomic E-state index is 13.5. The summed E-state index contributed by atoms with van der Waals surface area (Å²) in [6, 6.07) is 4.87. The predicted octanol–water partition coefficient (Wildman–Crippen LogP) is 3.00. The average molecular weight is 395 g/mol. The van der Waals surface area contributed by atoms with E-state index in [1.165, 1.54) is 12.5 Å². The van der Waals surface area contributed by atoms with Gasteiger partial charge in [0.25, 0.3) is 0 Å². The molecule has 5 nitrogen and oxygen atoms in total. The maximum Gasteiger partial charge on any atom is 0.224 e. The van der Waals surface area contributed by atoms with Crippen LogP contribution in [0.4, 0.5) is 4.39 Å². The Morgan fingerprint density at radius 1 is 1.37 bits per heavy atom. The first-order valence-corrected chi connectivity index (χ1v) is 10.9. The molecule has 1 heterocycles. The number of aliphatic imine (C=N–C) groups is 1. The van der Waals surface area contributed by atoms with Gasteiger partial charge in [-0.1, -0.05) is 13.0 Å². The van der Waals surface area contributed by atoms with Crippen molar-refractivity contribution in [3.8, 4) is 0 Å². The number of hydrogen-bond donors (Lipinski definition) is 2. The van der Waals surface area contributed by atoms with Crippen molar-refractivity contribution >= 4 is 23.6 Å². The number of carbonyl (C=O) groups excluding carboxylic acids is 1. The van der Waals surface area contributed by atoms with Gasteiger partial charge in [-0.2, -0.15) is 11.8 Å². The van der Waals surface area contributed by atoms with Gasteiger partial charge in [0.05, 0.1) is 0 Å². The molecule has 7 heteroatoms. The summed E-state index contributed by atoms with van der Waals surface area (Å²) in [5.74, 6) is 2.00. The number of rotatable bonds is 7. The Hall–Kier alpha value is -1.76. The van der Waals surface area contributed by atoms with Crippen LogP contribution in [-0.2, 0) is 17.1 Å². The lowest BCUT2D eigenvalue weighted by atomic mass is 10.00. The number of nitrogens with zero attached hydrogens (tertiary/aromatic N) is 2. The number of nitrogens with one attached hydrogen (secondary N) is 2. The van der Waals surface area contributed by atoms with Gasteiger partial charge in [0, 0.05) is 45.4 Å². The Kier molecular flexibility index (Phi) is 8.91. The van der Waals surface area contributed by atoms with Gasteiger partial charge >= 0.3 is 0 Å². The fourth-order valence-electron chi connectivity index (χ4n) is 3.32. The maximum absolute atomic E-state index is 13.5. The van der Waals surface area contributed by atoms with Crippen molar-refractivity contribution in [2.45, 2.75) is 38.5 Å². The highest BCUT2D eigenvalue weighted by molar-refractivity contribution is 7.97. The highest BCUT2D eigenvalue weighted by Crippen LogP contribution is 2.17. The van der Waals surface area contributed by atoms with Crippen molar-refractivity contribution in [1.82, 2.24) is 15.5 Å². The van der Waals surface area contributed by atoms with E-state index in [0.29, 0.717) is 31.4 Å². The van der Waals surface area contributed by atoms with Crippen LogP contribution in [0.1, 0.15) is 37.3 Å². The van der Waals surface area contributed by atoms with Crippen molar-refractivity contribution in [3.05, 3.63) is 35.1 Å². The number of carbonyl (C=O) groups is 1. The minimum absolute atomic E-state index is 0.199. The van der Waals surface area contributed by atoms with E-state index >= 15 is 0 Å². The second-order valence-corrected chi connectivity index (χ2v) is 7.90. The molecular weight excluding hydrogens is 363 g/mol. The van der Waals surface area contributed by atoms with Crippen LogP contribution in [-0.4, -0.2) is 49.7 Å². The van der Waals surface area contributed by atoms with Crippen LogP contribution in [0.25, 0.3) is 0 Å². The fourth-order valence-corrected chi connectivity index (χ4v) is 3.90. The quantitative estimate of drug-likeness (QED) is 0.551. The van der Waals surface area contributed by atoms with Crippen LogP contribution in [0.5, 0.6) is 0 Å². The van der Waals surface area contributed by atoms with Gasteiger partial charge in [-0.05, 0) is 48.3 Å². The lowest BCUT2D eigenvalue weighted by molar-refractivity contribution is -0.132. The molecule has 2 N–H and O–H groups in total. The third-order valence-corrected chi connectivity index (χ3v) is 5.38. The minimum atomic E-state index is -0.212. The van der Waals surface area contributed by atoms with Gasteiger partial charge in [-0.15, -0.1) is 0 Å². The lowest BCUT2D eigenvalue weighted by Gasteiger charge is -2.31. The molecule has 1 fully saturated rings. The third kappa shape index (κ3) is 7.05. The largest absolute Gasteiger partial charge is 0.356 e. The standard InChI is InChI=1S/C20H31FN4OS/c1-15-5-4-10-25(13-15)19(26)8-9-23-20(22-2)24-12-16-6-7-18(21)11-17(16)14-27-3/h6-7,11,15H,4-5,8-10,12-14H2,1-3H3,(H2,22,23,24). The molecule has 0 saturated carbocycles. The molecule has 1 saturated heterocycles. The van der Waals surface area contributed by atoms with Crippen LogP contribution in [0, 0.1) is 11.7 Å². The van der Waals surface area contributed by atoms with Crippen molar-refractivity contribution in [3.63, 3.8) is 0 Å². The van der Waals surface area contributed by atoms with Gasteiger partial charge in [0.15, 0.2) is 5.96 Å². The Labute approximate surface area is 166 Å². The van der Waals surface area contributed by atoms with Crippen molar-refractivity contribution < 1.29 is 9.18 Å². The van der Waals surface area contributed by atoms with E-state index in [1.54, 1.807) is 24.9 Å². The molecule has 1 aromatic rings. The highest BCUT2D eigenvalue weighted by atomic mass is 32.2. The number of hydrogen-bond acceptors (Lipinski definition) is 3. The molecule has 1 atom stereocenters. The molecule has 0 bridgehead atoms. The lowest BCUT2D eigenvalue weighted by Crippen LogP contribution is -2.42. The summed E-state index contributed by atoms with van der Waals surface area (Å²) in [5.41, 5.74) is 2.03. The van der Waals surface area contributed by atoms with E-state index in [1.807, 2.05) is 17.2 Å². The van der Waals surface area contributed by atoms with Gasteiger partial charge in [-0.3, -0.25) is 9.79 Å². The molecule has 1 aliphatic heterocycles. The molecule has 1 unspecified atom stereocenters. The summed E-state index contributed by atoms with van der Waals surface area (Å²) in [4.78, 5) is 18.5. The molecular formula is C20H31FN4OS. The van der Waals surface area contributed by atoms with Gasteiger partial charge in [0.2, 0.25) is 5.91 Å². The van der Waals surface area contributed by atoms with Gasteiger partial charge in [-0.25, -0.2) is 4.39 Å². The van der Waals surface area contributed by atoms with Crippen molar-refractivity contribution in [1.29, 1.82) is 0 Å². The summed E-state index contributed by atoms with van der Waals surface area (Å²) in [6.45, 7) is 5.05. The van der Waals surface area contributed by atoms with Crippen LogP contribution < -0.4 is 10.6 Å². The van der Waals surface area contributed by atoms with E-state index < -0.39 is 0 Å². The normalized spacial score (nSPS) is 17.7. The number of benzene rings is 1. The van der Waals surface area contributed by atoms with Crippen LogP contribution in [0.3, 0.4) is 0 Å². The molecule has 150 valence electrons. The first-order valence-electron chi connectivity index (χ1n) is 9.52. The first kappa shape index (κ1) is 21.5. The van der Waals surface area contributed by atoms with Crippen LogP contribution in [0.15, 0.2) is 23.2 Å². The first-order chi connectivity index (χ1) is 13.0. The summed E-state index contributed by atoms with van der Waals surface area (Å²) >= 11 is 1.67. The number of likely N-dealkylation sites (tertiary alicyclic amines) is 1. The second-order valence-electron chi connectivity index (χ2n) is 7.04. The number of piperidine rings is 1. The molecule has 1 aliphatic rings. The number of thioether (sulfide) groups is 1. The van der Waals surface area contributed by atoms with Gasteiger partial charge < -0.3 is 15.5 Å². The van der Waals surface area contributed by atoms with E-state index in [0.717, 1.165) is 36.4 Å². The molecule has 0 radical (unpaired) electrons. The molecule has 0 spiro atoms. The monoisotopic (exact) mass is 394 g/mol. The Morgan fingerprint density at radius 3 is 2.89 bits per heavy atom. The molecule has 27 heavy (non-hydrogen) atoms. The topological polar surface area (TPSA) is 56.7 Å². The molecule has 1 aromatic carbocycles. The molecule has 1 amide bonds. The smallest absolute Gasteiger partial charge is 0.224 e. The van der Waals surface area contributed by atoms with E-state index in [2.05, 4.69) is 22.5 Å². The van der Waals surface area contributed by atoms with E-state index in [-0.39, 0.29) is 11.7 Å². The minimum Gasteiger partial charge on any atom is -0.356 e. The second kappa shape index (κ2) is 11.2. The molecule has 0 aromatic heterocycles. The Balaban J connectivity index is 1.78. The summed E-state index contributed by atoms with van der Waals surface area (Å²) < 4.78 is 13.5. The number of guanidine groups is 1. The molecule has 0 aliphatic carbocycles.